The van der Waals surface area contributed by atoms with E-state index in [-0.39, 0.29) is 0 Å². The molecule has 0 aliphatic rings. The second-order valence-electron chi connectivity index (χ2n) is 5.92. The minimum Gasteiger partial charge on any atom is -0.300 e. The Balaban J connectivity index is 3.25. The molecule has 0 atom stereocenters. The molecular formula is C19H36O. The second-order valence-corrected chi connectivity index (χ2v) is 5.92. The van der Waals surface area contributed by atoms with E-state index in [4.69, 9.17) is 0 Å². The zero-order valence-electron chi connectivity index (χ0n) is 14.0. The van der Waals surface area contributed by atoms with Crippen molar-refractivity contribution in [2.75, 3.05) is 0 Å². The van der Waals surface area contributed by atoms with Crippen LogP contribution in [0.5, 0.6) is 0 Å². The molecule has 0 aromatic heterocycles. The van der Waals surface area contributed by atoms with Gasteiger partial charge in [0.15, 0.2) is 0 Å². The van der Waals surface area contributed by atoms with E-state index in [1.54, 1.807) is 0 Å². The Morgan fingerprint density at radius 1 is 0.650 bits per heavy atom. The number of carbonyl (C=O) groups is 1. The van der Waals surface area contributed by atoms with E-state index in [2.05, 4.69) is 26.0 Å². The van der Waals surface area contributed by atoms with Gasteiger partial charge in [0, 0.05) is 12.8 Å². The lowest BCUT2D eigenvalue weighted by molar-refractivity contribution is -0.119. The average molecular weight is 280 g/mol. The highest BCUT2D eigenvalue weighted by Gasteiger charge is 2.00. The normalized spacial score (nSPS) is 11.3. The molecule has 0 fully saturated rings. The zero-order valence-corrected chi connectivity index (χ0v) is 14.0. The monoisotopic (exact) mass is 280 g/mol. The standard InChI is InChI=1S/C19H36O/c1-3-5-7-9-11-12-14-16-18-19(20)17-15-13-10-8-6-4-2/h12,14H,3-11,13,15-18H2,1-2H3. The zero-order chi connectivity index (χ0) is 14.9. The van der Waals surface area contributed by atoms with E-state index in [9.17, 15) is 4.79 Å². The molecule has 118 valence electrons. The third-order valence-corrected chi connectivity index (χ3v) is 3.79. The van der Waals surface area contributed by atoms with E-state index in [1.807, 2.05) is 0 Å². The summed E-state index contributed by atoms with van der Waals surface area (Å²) in [5, 5.41) is 0. The molecule has 0 aromatic rings. The summed E-state index contributed by atoms with van der Waals surface area (Å²) in [6.45, 7) is 4.48. The first-order chi connectivity index (χ1) is 9.81. The van der Waals surface area contributed by atoms with Gasteiger partial charge in [-0.3, -0.25) is 4.79 Å². The Labute approximate surface area is 127 Å². The average Bonchev–Trinajstić information content (AvgIpc) is 2.45. The first-order valence-corrected chi connectivity index (χ1v) is 8.98. The minimum atomic E-state index is 0.455. The van der Waals surface area contributed by atoms with E-state index in [0.717, 1.165) is 25.7 Å². The number of allylic oxidation sites excluding steroid dienone is 2. The van der Waals surface area contributed by atoms with Crippen LogP contribution in [0.1, 0.15) is 104 Å². The van der Waals surface area contributed by atoms with Crippen LogP contribution in [0.15, 0.2) is 12.2 Å². The highest BCUT2D eigenvalue weighted by atomic mass is 16.1. The molecule has 0 saturated carbocycles. The van der Waals surface area contributed by atoms with Gasteiger partial charge < -0.3 is 0 Å². The van der Waals surface area contributed by atoms with Crippen LogP contribution in [0, 0.1) is 0 Å². The van der Waals surface area contributed by atoms with E-state index in [1.165, 1.54) is 64.2 Å². The van der Waals surface area contributed by atoms with Crippen molar-refractivity contribution in [1.29, 1.82) is 0 Å². The van der Waals surface area contributed by atoms with Gasteiger partial charge in [0.1, 0.15) is 5.78 Å². The van der Waals surface area contributed by atoms with Crippen molar-refractivity contribution in [3.8, 4) is 0 Å². The van der Waals surface area contributed by atoms with Crippen molar-refractivity contribution in [2.24, 2.45) is 0 Å². The number of hydrogen-bond acceptors (Lipinski definition) is 1. The van der Waals surface area contributed by atoms with Crippen molar-refractivity contribution in [3.05, 3.63) is 12.2 Å². The topological polar surface area (TPSA) is 17.1 Å². The predicted octanol–water partition coefficient (Wildman–Crippen LogP) is 6.61. The highest BCUT2D eigenvalue weighted by molar-refractivity contribution is 5.78. The molecule has 0 bridgehead atoms. The van der Waals surface area contributed by atoms with E-state index < -0.39 is 0 Å². The Hall–Kier alpha value is -0.590. The Morgan fingerprint density at radius 3 is 1.90 bits per heavy atom. The van der Waals surface area contributed by atoms with Crippen molar-refractivity contribution in [1.82, 2.24) is 0 Å². The lowest BCUT2D eigenvalue weighted by Crippen LogP contribution is -1.96. The Morgan fingerprint density at radius 2 is 1.20 bits per heavy atom. The lowest BCUT2D eigenvalue weighted by atomic mass is 10.1. The van der Waals surface area contributed by atoms with Gasteiger partial charge in [-0.2, -0.15) is 0 Å². The molecule has 1 nitrogen and oxygen atoms in total. The number of hydrogen-bond donors (Lipinski definition) is 0. The predicted molar refractivity (Wildman–Crippen MR) is 90.1 cm³/mol. The summed E-state index contributed by atoms with van der Waals surface area (Å²) in [6, 6.07) is 0. The molecule has 0 unspecified atom stereocenters. The molecule has 1 heteroatoms. The summed E-state index contributed by atoms with van der Waals surface area (Å²) in [5.41, 5.74) is 0. The highest BCUT2D eigenvalue weighted by Crippen LogP contribution is 2.09. The summed E-state index contributed by atoms with van der Waals surface area (Å²) >= 11 is 0. The van der Waals surface area contributed by atoms with Gasteiger partial charge in [-0.15, -0.1) is 0 Å². The van der Waals surface area contributed by atoms with Gasteiger partial charge in [0.05, 0.1) is 0 Å². The van der Waals surface area contributed by atoms with E-state index >= 15 is 0 Å². The summed E-state index contributed by atoms with van der Waals surface area (Å²) in [5.74, 6) is 0.455. The van der Waals surface area contributed by atoms with Gasteiger partial charge in [-0.1, -0.05) is 77.4 Å². The van der Waals surface area contributed by atoms with Gasteiger partial charge >= 0.3 is 0 Å². The summed E-state index contributed by atoms with van der Waals surface area (Å²) in [7, 11) is 0. The second kappa shape index (κ2) is 16.5. The fourth-order valence-electron chi connectivity index (χ4n) is 2.40. The van der Waals surface area contributed by atoms with E-state index in [0.29, 0.717) is 5.78 Å². The molecule has 0 amide bonds. The van der Waals surface area contributed by atoms with Crippen LogP contribution in [0.3, 0.4) is 0 Å². The van der Waals surface area contributed by atoms with Gasteiger partial charge in [-0.25, -0.2) is 0 Å². The van der Waals surface area contributed by atoms with Crippen LogP contribution in [0.25, 0.3) is 0 Å². The molecule has 20 heavy (non-hydrogen) atoms. The molecule has 0 N–H and O–H groups in total. The fraction of sp³-hybridized carbons (Fsp3) is 0.842. The summed E-state index contributed by atoms with van der Waals surface area (Å²) in [6.07, 6.45) is 21.1. The quantitative estimate of drug-likeness (QED) is 0.243. The first-order valence-electron chi connectivity index (χ1n) is 8.98. The molecule has 0 heterocycles. The van der Waals surface area contributed by atoms with Crippen LogP contribution < -0.4 is 0 Å². The van der Waals surface area contributed by atoms with Crippen LogP contribution in [-0.4, -0.2) is 5.78 Å². The molecule has 0 aliphatic carbocycles. The minimum absolute atomic E-state index is 0.455. The Kier molecular flexibility index (Phi) is 16.0. The molecule has 0 saturated heterocycles. The maximum atomic E-state index is 11.7. The van der Waals surface area contributed by atoms with Crippen LogP contribution in [0.4, 0.5) is 0 Å². The van der Waals surface area contributed by atoms with Crippen molar-refractivity contribution in [3.63, 3.8) is 0 Å². The Bertz CT molecular complexity index is 230. The number of unbranched alkanes of at least 4 members (excludes halogenated alkanes) is 9. The molecule has 0 spiro atoms. The van der Waals surface area contributed by atoms with Crippen molar-refractivity contribution in [2.45, 2.75) is 104 Å². The number of ketones is 1. The first kappa shape index (κ1) is 19.4. The van der Waals surface area contributed by atoms with Gasteiger partial charge in [0.25, 0.3) is 0 Å². The lowest BCUT2D eigenvalue weighted by Gasteiger charge is -2.00. The maximum Gasteiger partial charge on any atom is 0.133 e. The maximum absolute atomic E-state index is 11.7. The number of rotatable bonds is 15. The van der Waals surface area contributed by atoms with Gasteiger partial charge in [-0.05, 0) is 25.7 Å². The third-order valence-electron chi connectivity index (χ3n) is 3.79. The summed E-state index contributed by atoms with van der Waals surface area (Å²) < 4.78 is 0. The van der Waals surface area contributed by atoms with Crippen molar-refractivity contribution < 1.29 is 4.79 Å². The smallest absolute Gasteiger partial charge is 0.133 e. The molecule has 0 radical (unpaired) electrons. The molecule has 0 aliphatic heterocycles. The molecular weight excluding hydrogens is 244 g/mol. The van der Waals surface area contributed by atoms with Crippen LogP contribution in [-0.2, 0) is 4.79 Å². The largest absolute Gasteiger partial charge is 0.300 e. The number of Topliss-reactive ketones (excluding diaryl/α,β-unsaturated/α-hetero) is 1. The molecule has 0 aromatic carbocycles. The SMILES string of the molecule is CCCCCCC=CCCC(=O)CCCCCCCC. The van der Waals surface area contributed by atoms with Crippen LogP contribution in [0.2, 0.25) is 0 Å². The summed E-state index contributed by atoms with van der Waals surface area (Å²) in [4.78, 5) is 11.7. The third kappa shape index (κ3) is 15.5. The fourth-order valence-corrected chi connectivity index (χ4v) is 2.40. The van der Waals surface area contributed by atoms with Crippen LogP contribution >= 0.6 is 0 Å². The molecule has 0 rings (SSSR count). The van der Waals surface area contributed by atoms with Gasteiger partial charge in [0.2, 0.25) is 0 Å². The van der Waals surface area contributed by atoms with Crippen molar-refractivity contribution >= 4 is 5.78 Å². The number of carbonyl (C=O) groups excluding carboxylic acids is 1.